The second-order valence-corrected chi connectivity index (χ2v) is 9.08. The van der Waals surface area contributed by atoms with E-state index in [1.807, 2.05) is 0 Å². The molecule has 1 heterocycles. The normalized spacial score (nSPS) is 14.9. The van der Waals surface area contributed by atoms with Crippen LogP contribution in [0.1, 0.15) is 10.4 Å². The highest BCUT2D eigenvalue weighted by Gasteiger charge is 2.31. The smallest absolute Gasteiger partial charge is 0.254 e. The molecule has 2 aromatic rings. The summed E-state index contributed by atoms with van der Waals surface area (Å²) in [6.45, 7) is 4.55. The molecule has 0 radical (unpaired) electrons. The maximum absolute atomic E-state index is 13.4. The maximum atomic E-state index is 13.4. The number of nitrogens with zero attached hydrogens (tertiary/aromatic N) is 2. The second kappa shape index (κ2) is 9.67. The van der Waals surface area contributed by atoms with E-state index in [1.54, 1.807) is 29.2 Å². The lowest BCUT2D eigenvalue weighted by Gasteiger charge is -2.34. The number of hydrogen-bond donors (Lipinski definition) is 0. The first-order chi connectivity index (χ1) is 14.8. The molecule has 0 atom stereocenters. The SMILES string of the molecule is C=CCOc1ccc(C(=O)N2CCN(S(=O)(=O)c3ccc(F)c(Cl)c3)CC2)cc1OC. The van der Waals surface area contributed by atoms with Gasteiger partial charge in [0.2, 0.25) is 10.0 Å². The highest BCUT2D eigenvalue weighted by atomic mass is 35.5. The summed E-state index contributed by atoms with van der Waals surface area (Å²) < 4.78 is 51.0. The Morgan fingerprint density at radius 3 is 2.48 bits per heavy atom. The van der Waals surface area contributed by atoms with Crippen LogP contribution >= 0.6 is 11.6 Å². The van der Waals surface area contributed by atoms with E-state index in [-0.39, 0.29) is 42.0 Å². The van der Waals surface area contributed by atoms with Gasteiger partial charge in [0, 0.05) is 31.7 Å². The van der Waals surface area contributed by atoms with E-state index in [0.717, 1.165) is 12.1 Å². The zero-order valence-electron chi connectivity index (χ0n) is 16.9. The molecule has 3 rings (SSSR count). The van der Waals surface area contributed by atoms with Crippen LogP contribution in [0, 0.1) is 5.82 Å². The molecule has 0 unspecified atom stereocenters. The summed E-state index contributed by atoms with van der Waals surface area (Å²) in [4.78, 5) is 14.4. The minimum atomic E-state index is -3.84. The fourth-order valence-electron chi connectivity index (χ4n) is 3.17. The average Bonchev–Trinajstić information content (AvgIpc) is 2.78. The molecule has 1 aliphatic heterocycles. The first-order valence-electron chi connectivity index (χ1n) is 9.44. The van der Waals surface area contributed by atoms with Crippen molar-refractivity contribution in [2.24, 2.45) is 0 Å². The number of sulfonamides is 1. The molecule has 0 spiro atoms. The van der Waals surface area contributed by atoms with Crippen LogP contribution < -0.4 is 9.47 Å². The molecule has 7 nitrogen and oxygen atoms in total. The van der Waals surface area contributed by atoms with Crippen molar-refractivity contribution in [2.45, 2.75) is 4.90 Å². The lowest BCUT2D eigenvalue weighted by Crippen LogP contribution is -2.50. The summed E-state index contributed by atoms with van der Waals surface area (Å²) >= 11 is 5.72. The second-order valence-electron chi connectivity index (χ2n) is 6.74. The molecule has 10 heteroatoms. The van der Waals surface area contributed by atoms with Crippen molar-refractivity contribution in [1.82, 2.24) is 9.21 Å². The molecule has 31 heavy (non-hydrogen) atoms. The standard InChI is InChI=1S/C21H22ClFN2O5S/c1-3-12-30-19-7-4-15(13-20(19)29-2)21(26)24-8-10-25(11-9-24)31(27,28)16-5-6-18(23)17(22)14-16/h3-7,13-14H,1,8-12H2,2H3. The third-order valence-electron chi connectivity index (χ3n) is 4.82. The van der Waals surface area contributed by atoms with Crippen molar-refractivity contribution in [3.05, 3.63) is 65.5 Å². The number of rotatable bonds is 7. The zero-order chi connectivity index (χ0) is 22.6. The van der Waals surface area contributed by atoms with Crippen LogP contribution in [0.2, 0.25) is 5.02 Å². The van der Waals surface area contributed by atoms with Gasteiger partial charge in [0.1, 0.15) is 12.4 Å². The highest BCUT2D eigenvalue weighted by Crippen LogP contribution is 2.29. The Hall–Kier alpha value is -2.62. The lowest BCUT2D eigenvalue weighted by atomic mass is 10.1. The van der Waals surface area contributed by atoms with Gasteiger partial charge in [0.05, 0.1) is 17.0 Å². The van der Waals surface area contributed by atoms with Gasteiger partial charge in [-0.25, -0.2) is 12.8 Å². The number of piperazine rings is 1. The Labute approximate surface area is 185 Å². The minimum absolute atomic E-state index is 0.0847. The van der Waals surface area contributed by atoms with Crippen LogP contribution in [-0.4, -0.2) is 63.4 Å². The van der Waals surface area contributed by atoms with Crippen LogP contribution in [0.4, 0.5) is 4.39 Å². The number of ether oxygens (including phenoxy) is 2. The lowest BCUT2D eigenvalue weighted by molar-refractivity contribution is 0.0697. The molecule has 1 fully saturated rings. The summed E-state index contributed by atoms with van der Waals surface area (Å²) in [5.41, 5.74) is 0.407. The third-order valence-corrected chi connectivity index (χ3v) is 7.01. The first kappa shape index (κ1) is 23.1. The molecule has 1 aliphatic rings. The van der Waals surface area contributed by atoms with Crippen LogP contribution in [0.15, 0.2) is 53.9 Å². The molecule has 166 valence electrons. The van der Waals surface area contributed by atoms with Gasteiger partial charge in [-0.05, 0) is 36.4 Å². The van der Waals surface area contributed by atoms with E-state index < -0.39 is 15.8 Å². The van der Waals surface area contributed by atoms with E-state index >= 15 is 0 Å². The van der Waals surface area contributed by atoms with Crippen molar-refractivity contribution >= 4 is 27.5 Å². The number of hydrogen-bond acceptors (Lipinski definition) is 5. The predicted octanol–water partition coefficient (Wildman–Crippen LogP) is 3.20. The summed E-state index contributed by atoms with van der Waals surface area (Å²) in [7, 11) is -2.36. The van der Waals surface area contributed by atoms with Gasteiger partial charge in [0.15, 0.2) is 11.5 Å². The molecule has 0 aliphatic carbocycles. The van der Waals surface area contributed by atoms with E-state index in [4.69, 9.17) is 21.1 Å². The Kier molecular flexibility index (Phi) is 7.19. The molecule has 0 saturated carbocycles. The fraction of sp³-hybridized carbons (Fsp3) is 0.286. The quantitative estimate of drug-likeness (QED) is 0.583. The van der Waals surface area contributed by atoms with Gasteiger partial charge in [-0.1, -0.05) is 24.3 Å². The van der Waals surface area contributed by atoms with Gasteiger partial charge in [-0.15, -0.1) is 0 Å². The molecule has 1 amide bonds. The Bertz CT molecular complexity index is 1090. The predicted molar refractivity (Wildman–Crippen MR) is 115 cm³/mol. The number of carbonyl (C=O) groups excluding carboxylic acids is 1. The van der Waals surface area contributed by atoms with Crippen molar-refractivity contribution in [3.63, 3.8) is 0 Å². The molecule has 1 saturated heterocycles. The summed E-state index contributed by atoms with van der Waals surface area (Å²) in [6, 6.07) is 8.15. The van der Waals surface area contributed by atoms with E-state index in [2.05, 4.69) is 6.58 Å². The summed E-state index contributed by atoms with van der Waals surface area (Å²) in [5, 5.41) is -0.260. The van der Waals surface area contributed by atoms with Crippen molar-refractivity contribution in [1.29, 1.82) is 0 Å². The molecule has 0 bridgehead atoms. The molecular formula is C21H22ClFN2O5S. The van der Waals surface area contributed by atoms with E-state index in [9.17, 15) is 17.6 Å². The topological polar surface area (TPSA) is 76.2 Å². The Morgan fingerprint density at radius 1 is 1.16 bits per heavy atom. The number of halogens is 2. The van der Waals surface area contributed by atoms with Crippen LogP contribution in [0.3, 0.4) is 0 Å². The van der Waals surface area contributed by atoms with Crippen molar-refractivity contribution in [2.75, 3.05) is 39.9 Å². The monoisotopic (exact) mass is 468 g/mol. The van der Waals surface area contributed by atoms with Crippen molar-refractivity contribution < 1.29 is 27.1 Å². The van der Waals surface area contributed by atoms with Gasteiger partial charge < -0.3 is 14.4 Å². The Balaban J connectivity index is 1.69. The van der Waals surface area contributed by atoms with E-state index in [0.29, 0.717) is 23.7 Å². The molecule has 2 aromatic carbocycles. The third kappa shape index (κ3) is 5.00. The number of carbonyl (C=O) groups is 1. The van der Waals surface area contributed by atoms with Crippen LogP contribution in [0.25, 0.3) is 0 Å². The van der Waals surface area contributed by atoms with Gasteiger partial charge in [0.25, 0.3) is 5.91 Å². The minimum Gasteiger partial charge on any atom is -0.493 e. The zero-order valence-corrected chi connectivity index (χ0v) is 18.5. The Morgan fingerprint density at radius 2 is 1.87 bits per heavy atom. The molecule has 0 aromatic heterocycles. The average molecular weight is 469 g/mol. The molecular weight excluding hydrogens is 447 g/mol. The number of benzene rings is 2. The summed E-state index contributed by atoms with van der Waals surface area (Å²) in [5.74, 6) is -0.0160. The molecule has 0 N–H and O–H groups in total. The van der Waals surface area contributed by atoms with E-state index in [1.165, 1.54) is 17.5 Å². The highest BCUT2D eigenvalue weighted by molar-refractivity contribution is 7.89. The number of amides is 1. The van der Waals surface area contributed by atoms with Gasteiger partial charge in [-0.3, -0.25) is 4.79 Å². The van der Waals surface area contributed by atoms with Gasteiger partial charge in [-0.2, -0.15) is 4.31 Å². The maximum Gasteiger partial charge on any atom is 0.254 e. The van der Waals surface area contributed by atoms with Crippen LogP contribution in [-0.2, 0) is 10.0 Å². The van der Waals surface area contributed by atoms with Crippen LogP contribution in [0.5, 0.6) is 11.5 Å². The largest absolute Gasteiger partial charge is 0.493 e. The fourth-order valence-corrected chi connectivity index (χ4v) is 4.86. The van der Waals surface area contributed by atoms with Gasteiger partial charge >= 0.3 is 0 Å². The summed E-state index contributed by atoms with van der Waals surface area (Å²) in [6.07, 6.45) is 1.60. The number of methoxy groups -OCH3 is 1. The first-order valence-corrected chi connectivity index (χ1v) is 11.3. The van der Waals surface area contributed by atoms with Crippen molar-refractivity contribution in [3.8, 4) is 11.5 Å².